The van der Waals surface area contributed by atoms with Crippen molar-refractivity contribution >= 4 is 11.9 Å². The zero-order valence-corrected chi connectivity index (χ0v) is 12.4. The Balaban J connectivity index is 2.38. The number of carboxylic acid groups (broad SMARTS) is 1. The predicted molar refractivity (Wildman–Crippen MR) is 81.5 cm³/mol. The normalized spacial score (nSPS) is 13.3. The summed E-state index contributed by atoms with van der Waals surface area (Å²) in [7, 11) is 0. The summed E-state index contributed by atoms with van der Waals surface area (Å²) in [5.74, 6) is -1.21. The fourth-order valence-electron chi connectivity index (χ4n) is 2.64. The van der Waals surface area contributed by atoms with Crippen LogP contribution in [0.5, 0.6) is 0 Å². The summed E-state index contributed by atoms with van der Waals surface area (Å²) in [5, 5.41) is 12.2. The van der Waals surface area contributed by atoms with Crippen LogP contribution in [0.3, 0.4) is 0 Å². The van der Waals surface area contributed by atoms with Gasteiger partial charge >= 0.3 is 5.97 Å². The molecule has 2 aromatic rings. The van der Waals surface area contributed by atoms with Gasteiger partial charge in [0.15, 0.2) is 5.76 Å². The van der Waals surface area contributed by atoms with Gasteiger partial charge in [-0.25, -0.2) is 0 Å². The minimum atomic E-state index is -0.961. The maximum Gasteiger partial charge on any atom is 0.306 e. The summed E-state index contributed by atoms with van der Waals surface area (Å²) in [5.41, 5.74) is -0.176. The summed E-state index contributed by atoms with van der Waals surface area (Å²) in [6.45, 7) is 1.96. The molecule has 2 N–H and O–H groups in total. The minimum Gasteiger partial charge on any atom is -0.481 e. The quantitative estimate of drug-likeness (QED) is 0.823. The van der Waals surface area contributed by atoms with Crippen molar-refractivity contribution in [2.75, 3.05) is 0 Å². The molecular weight excluding hydrogens is 282 g/mol. The van der Waals surface area contributed by atoms with Crippen LogP contribution in [0.4, 0.5) is 0 Å². The average Bonchev–Trinajstić information content (AvgIpc) is 3.02. The molecule has 0 bridgehead atoms. The lowest BCUT2D eigenvalue weighted by atomic mass is 9.82. The molecule has 1 aromatic heterocycles. The topological polar surface area (TPSA) is 79.5 Å². The van der Waals surface area contributed by atoms with Crippen LogP contribution in [-0.4, -0.2) is 17.0 Å². The van der Waals surface area contributed by atoms with Gasteiger partial charge in [-0.05, 0) is 24.1 Å². The molecule has 0 spiro atoms. The van der Waals surface area contributed by atoms with Crippen LogP contribution in [-0.2, 0) is 10.3 Å². The van der Waals surface area contributed by atoms with Gasteiger partial charge < -0.3 is 14.8 Å². The van der Waals surface area contributed by atoms with E-state index >= 15 is 0 Å². The van der Waals surface area contributed by atoms with Gasteiger partial charge in [0.05, 0.1) is 18.2 Å². The minimum absolute atomic E-state index is 0.168. The zero-order chi connectivity index (χ0) is 16.0. The largest absolute Gasteiger partial charge is 0.481 e. The second-order valence-electron chi connectivity index (χ2n) is 5.20. The van der Waals surface area contributed by atoms with E-state index in [0.29, 0.717) is 6.42 Å². The van der Waals surface area contributed by atoms with Crippen LogP contribution in [0.2, 0.25) is 0 Å². The molecule has 1 amide bonds. The van der Waals surface area contributed by atoms with Gasteiger partial charge in [0.2, 0.25) is 0 Å². The fourth-order valence-corrected chi connectivity index (χ4v) is 2.64. The Labute approximate surface area is 129 Å². The lowest BCUT2D eigenvalue weighted by Crippen LogP contribution is -2.47. The molecule has 116 valence electrons. The predicted octanol–water partition coefficient (Wildman–Crippen LogP) is 3.18. The number of carboxylic acids is 1. The first-order valence-electron chi connectivity index (χ1n) is 7.21. The smallest absolute Gasteiger partial charge is 0.306 e. The first kappa shape index (κ1) is 15.8. The van der Waals surface area contributed by atoms with Crippen molar-refractivity contribution in [2.24, 2.45) is 0 Å². The van der Waals surface area contributed by atoms with E-state index in [2.05, 4.69) is 5.32 Å². The summed E-state index contributed by atoms with van der Waals surface area (Å²) >= 11 is 0. The van der Waals surface area contributed by atoms with Crippen molar-refractivity contribution in [3.8, 4) is 0 Å². The van der Waals surface area contributed by atoms with E-state index in [1.165, 1.54) is 6.26 Å². The molecule has 0 aliphatic rings. The van der Waals surface area contributed by atoms with Gasteiger partial charge in [0.25, 0.3) is 5.91 Å². The Kier molecular flexibility index (Phi) is 4.99. The second kappa shape index (κ2) is 6.93. The van der Waals surface area contributed by atoms with E-state index in [-0.39, 0.29) is 12.2 Å². The highest BCUT2D eigenvalue weighted by Crippen LogP contribution is 2.31. The first-order valence-corrected chi connectivity index (χ1v) is 7.21. The number of rotatable bonds is 7. The molecule has 0 aliphatic heterocycles. The molecule has 1 aromatic carbocycles. The zero-order valence-electron chi connectivity index (χ0n) is 12.4. The van der Waals surface area contributed by atoms with E-state index in [1.54, 1.807) is 12.1 Å². The molecule has 5 nitrogen and oxygen atoms in total. The Bertz CT molecular complexity index is 621. The third kappa shape index (κ3) is 3.55. The third-order valence-corrected chi connectivity index (χ3v) is 3.55. The SMILES string of the molecule is CCC[C@](CC(=O)O)(NC(=O)c1ccco1)c1ccccc1. The molecule has 0 aliphatic carbocycles. The number of hydrogen-bond donors (Lipinski definition) is 2. The van der Waals surface area contributed by atoms with Crippen LogP contribution in [0, 0.1) is 0 Å². The average molecular weight is 301 g/mol. The van der Waals surface area contributed by atoms with Crippen LogP contribution < -0.4 is 5.32 Å². The van der Waals surface area contributed by atoms with Crippen LogP contribution in [0.15, 0.2) is 53.1 Å². The number of hydrogen-bond acceptors (Lipinski definition) is 3. The van der Waals surface area contributed by atoms with Crippen molar-refractivity contribution in [2.45, 2.75) is 31.7 Å². The molecule has 1 heterocycles. The van der Waals surface area contributed by atoms with Gasteiger partial charge in [-0.1, -0.05) is 43.7 Å². The summed E-state index contributed by atoms with van der Waals surface area (Å²) in [4.78, 5) is 23.7. The molecule has 0 unspecified atom stereocenters. The number of benzene rings is 1. The number of nitrogens with one attached hydrogen (secondary N) is 1. The van der Waals surface area contributed by atoms with Gasteiger partial charge in [-0.15, -0.1) is 0 Å². The first-order chi connectivity index (χ1) is 10.6. The molecule has 0 saturated heterocycles. The van der Waals surface area contributed by atoms with Gasteiger partial charge in [-0.2, -0.15) is 0 Å². The molecular formula is C17H19NO4. The third-order valence-electron chi connectivity index (χ3n) is 3.55. The molecule has 0 fully saturated rings. The fraction of sp³-hybridized carbons (Fsp3) is 0.294. The summed E-state index contributed by atoms with van der Waals surface area (Å²) < 4.78 is 5.10. The summed E-state index contributed by atoms with van der Waals surface area (Å²) in [6, 6.07) is 12.4. The van der Waals surface area contributed by atoms with E-state index in [4.69, 9.17) is 4.42 Å². The molecule has 0 saturated carbocycles. The maximum atomic E-state index is 12.4. The van der Waals surface area contributed by atoms with E-state index < -0.39 is 17.4 Å². The van der Waals surface area contributed by atoms with Crippen molar-refractivity contribution in [1.29, 1.82) is 0 Å². The highest BCUT2D eigenvalue weighted by molar-refractivity contribution is 5.92. The van der Waals surface area contributed by atoms with Crippen molar-refractivity contribution < 1.29 is 19.1 Å². The molecule has 5 heteroatoms. The monoisotopic (exact) mass is 301 g/mol. The Morgan fingerprint density at radius 2 is 1.91 bits per heavy atom. The Morgan fingerprint density at radius 1 is 1.18 bits per heavy atom. The number of carbonyl (C=O) groups excluding carboxylic acids is 1. The van der Waals surface area contributed by atoms with E-state index in [9.17, 15) is 14.7 Å². The highest BCUT2D eigenvalue weighted by Gasteiger charge is 2.36. The van der Waals surface area contributed by atoms with Crippen LogP contribution in [0.1, 0.15) is 42.3 Å². The van der Waals surface area contributed by atoms with E-state index in [1.807, 2.05) is 37.3 Å². The lowest BCUT2D eigenvalue weighted by molar-refractivity contribution is -0.138. The number of carbonyl (C=O) groups is 2. The van der Waals surface area contributed by atoms with Crippen LogP contribution >= 0.6 is 0 Å². The van der Waals surface area contributed by atoms with Crippen LogP contribution in [0.25, 0.3) is 0 Å². The maximum absolute atomic E-state index is 12.4. The van der Waals surface area contributed by atoms with Gasteiger partial charge in [-0.3, -0.25) is 9.59 Å². The number of amides is 1. The van der Waals surface area contributed by atoms with Crippen molar-refractivity contribution in [3.05, 3.63) is 60.1 Å². The standard InChI is InChI=1S/C17H19NO4/c1-2-10-17(12-15(19)20,13-7-4-3-5-8-13)18-16(21)14-9-6-11-22-14/h3-9,11H,2,10,12H2,1H3,(H,18,21)(H,19,20)/t17-/m1/s1. The number of furan rings is 1. The van der Waals surface area contributed by atoms with E-state index in [0.717, 1.165) is 12.0 Å². The Morgan fingerprint density at radius 3 is 2.45 bits per heavy atom. The number of aliphatic carboxylic acids is 1. The second-order valence-corrected chi connectivity index (χ2v) is 5.20. The van der Waals surface area contributed by atoms with Gasteiger partial charge in [0.1, 0.15) is 0 Å². The van der Waals surface area contributed by atoms with Crippen molar-refractivity contribution in [3.63, 3.8) is 0 Å². The lowest BCUT2D eigenvalue weighted by Gasteiger charge is -2.33. The highest BCUT2D eigenvalue weighted by atomic mass is 16.4. The molecule has 0 radical (unpaired) electrons. The van der Waals surface area contributed by atoms with Crippen molar-refractivity contribution in [1.82, 2.24) is 5.32 Å². The molecule has 22 heavy (non-hydrogen) atoms. The molecule has 1 atom stereocenters. The summed E-state index contributed by atoms with van der Waals surface area (Å²) in [6.07, 6.45) is 2.49. The molecule has 2 rings (SSSR count). The Hall–Kier alpha value is -2.56. The van der Waals surface area contributed by atoms with Gasteiger partial charge in [0, 0.05) is 0 Å².